The van der Waals surface area contributed by atoms with Gasteiger partial charge in [0.1, 0.15) is 18.3 Å². The molecular formula is C19H12Cl3N5O2. The van der Waals surface area contributed by atoms with E-state index in [2.05, 4.69) is 15.4 Å². The molecule has 4 rings (SSSR count). The largest absolute Gasteiger partial charge is 0.324 e. The number of halogens is 3. The van der Waals surface area contributed by atoms with E-state index in [1.807, 2.05) is 0 Å². The average molecular weight is 449 g/mol. The second-order valence-electron chi connectivity index (χ2n) is 6.13. The van der Waals surface area contributed by atoms with E-state index in [0.29, 0.717) is 32.1 Å². The standard InChI is InChI=1S/C19H12Cl3N5O2/c20-11-2-1-3-13(6-11)27-18-14(8-24-27)19(29)26(10-23-18)9-17(28)25-12-4-5-15(21)16(22)7-12/h1-8,10H,9H2,(H,25,28). The SMILES string of the molecule is O=C(Cn1cnc2c(cnn2-c2cccc(Cl)c2)c1=O)Nc1ccc(Cl)c(Cl)c1. The lowest BCUT2D eigenvalue weighted by Gasteiger charge is -2.08. The molecular weight excluding hydrogens is 437 g/mol. The number of anilines is 1. The minimum atomic E-state index is -0.408. The van der Waals surface area contributed by atoms with Crippen LogP contribution >= 0.6 is 34.8 Å². The molecule has 1 amide bonds. The number of aromatic nitrogens is 4. The van der Waals surface area contributed by atoms with E-state index >= 15 is 0 Å². The van der Waals surface area contributed by atoms with E-state index in [1.54, 1.807) is 36.4 Å². The first-order chi connectivity index (χ1) is 13.9. The summed E-state index contributed by atoms with van der Waals surface area (Å²) >= 11 is 17.8. The van der Waals surface area contributed by atoms with Gasteiger partial charge in [-0.25, -0.2) is 9.67 Å². The number of hydrogen-bond donors (Lipinski definition) is 1. The van der Waals surface area contributed by atoms with Crippen LogP contribution in [0.5, 0.6) is 0 Å². The first kappa shape index (κ1) is 19.4. The number of carbonyl (C=O) groups is 1. The molecule has 4 aromatic rings. The third kappa shape index (κ3) is 3.98. The Labute approximate surface area is 179 Å². The van der Waals surface area contributed by atoms with Crippen molar-refractivity contribution >= 4 is 57.4 Å². The van der Waals surface area contributed by atoms with Crippen molar-refractivity contribution in [3.63, 3.8) is 0 Å². The number of nitrogens with one attached hydrogen (secondary N) is 1. The van der Waals surface area contributed by atoms with E-state index in [0.717, 1.165) is 0 Å². The number of amides is 1. The molecule has 0 bridgehead atoms. The summed E-state index contributed by atoms with van der Waals surface area (Å²) in [5, 5.41) is 8.42. The first-order valence-electron chi connectivity index (χ1n) is 8.36. The molecule has 0 aliphatic rings. The van der Waals surface area contributed by atoms with Crippen LogP contribution in [0.2, 0.25) is 15.1 Å². The van der Waals surface area contributed by atoms with Crippen LogP contribution in [0, 0.1) is 0 Å². The Bertz CT molecular complexity index is 1300. The highest BCUT2D eigenvalue weighted by Gasteiger charge is 2.14. The van der Waals surface area contributed by atoms with Crippen LogP contribution in [0.15, 0.2) is 59.8 Å². The van der Waals surface area contributed by atoms with Crippen LogP contribution in [0.4, 0.5) is 5.69 Å². The predicted molar refractivity (Wildman–Crippen MR) is 113 cm³/mol. The fraction of sp³-hybridized carbons (Fsp3) is 0.0526. The van der Waals surface area contributed by atoms with E-state index < -0.39 is 5.91 Å². The summed E-state index contributed by atoms with van der Waals surface area (Å²) in [5.74, 6) is -0.408. The van der Waals surface area contributed by atoms with Gasteiger partial charge in [0.15, 0.2) is 5.65 Å². The van der Waals surface area contributed by atoms with Crippen molar-refractivity contribution in [2.75, 3.05) is 5.32 Å². The zero-order chi connectivity index (χ0) is 20.5. The number of carbonyl (C=O) groups excluding carboxylic acids is 1. The Morgan fingerprint density at radius 3 is 2.66 bits per heavy atom. The van der Waals surface area contributed by atoms with Gasteiger partial charge in [0.2, 0.25) is 5.91 Å². The van der Waals surface area contributed by atoms with Crippen LogP contribution < -0.4 is 10.9 Å². The summed E-state index contributed by atoms with van der Waals surface area (Å²) in [5.41, 5.74) is 1.14. The van der Waals surface area contributed by atoms with Crippen molar-refractivity contribution in [3.05, 3.63) is 80.4 Å². The molecule has 0 spiro atoms. The minimum absolute atomic E-state index is 0.218. The van der Waals surface area contributed by atoms with E-state index in [1.165, 1.54) is 27.8 Å². The highest BCUT2D eigenvalue weighted by atomic mass is 35.5. The monoisotopic (exact) mass is 447 g/mol. The molecule has 2 aromatic carbocycles. The summed E-state index contributed by atoms with van der Waals surface area (Å²) in [6.07, 6.45) is 2.72. The molecule has 0 aliphatic heterocycles. The Kier molecular flexibility index (Phi) is 5.27. The van der Waals surface area contributed by atoms with Gasteiger partial charge in [0.05, 0.1) is 21.9 Å². The van der Waals surface area contributed by atoms with Crippen LogP contribution in [0.3, 0.4) is 0 Å². The topological polar surface area (TPSA) is 81.8 Å². The molecule has 2 heterocycles. The Hall–Kier alpha value is -2.87. The lowest BCUT2D eigenvalue weighted by molar-refractivity contribution is -0.116. The van der Waals surface area contributed by atoms with Crippen molar-refractivity contribution in [3.8, 4) is 5.69 Å². The molecule has 0 saturated heterocycles. The van der Waals surface area contributed by atoms with E-state index in [9.17, 15) is 9.59 Å². The molecule has 29 heavy (non-hydrogen) atoms. The van der Waals surface area contributed by atoms with Gasteiger partial charge in [0.25, 0.3) is 5.56 Å². The van der Waals surface area contributed by atoms with Crippen LogP contribution in [0.25, 0.3) is 16.7 Å². The van der Waals surface area contributed by atoms with Crippen molar-refractivity contribution in [2.24, 2.45) is 0 Å². The van der Waals surface area contributed by atoms with Gasteiger partial charge in [-0.05, 0) is 36.4 Å². The Morgan fingerprint density at radius 1 is 1.07 bits per heavy atom. The van der Waals surface area contributed by atoms with Gasteiger partial charge in [0, 0.05) is 10.7 Å². The Balaban J connectivity index is 1.60. The van der Waals surface area contributed by atoms with Crippen LogP contribution in [0.1, 0.15) is 0 Å². The maximum absolute atomic E-state index is 12.8. The zero-order valence-corrected chi connectivity index (χ0v) is 16.9. The van der Waals surface area contributed by atoms with Gasteiger partial charge in [-0.3, -0.25) is 14.2 Å². The fourth-order valence-corrected chi connectivity index (χ4v) is 3.27. The fourth-order valence-electron chi connectivity index (χ4n) is 2.79. The highest BCUT2D eigenvalue weighted by molar-refractivity contribution is 6.42. The van der Waals surface area contributed by atoms with Gasteiger partial charge in [-0.1, -0.05) is 40.9 Å². The van der Waals surface area contributed by atoms with Gasteiger partial charge >= 0.3 is 0 Å². The smallest absolute Gasteiger partial charge is 0.264 e. The molecule has 0 atom stereocenters. The third-order valence-corrected chi connectivity index (χ3v) is 5.10. The predicted octanol–water partition coefficient (Wildman–Crippen LogP) is 4.18. The van der Waals surface area contributed by atoms with Crippen molar-refractivity contribution in [1.82, 2.24) is 19.3 Å². The molecule has 2 aromatic heterocycles. The van der Waals surface area contributed by atoms with Crippen molar-refractivity contribution in [1.29, 1.82) is 0 Å². The average Bonchev–Trinajstić information content (AvgIpc) is 3.12. The van der Waals surface area contributed by atoms with Gasteiger partial charge < -0.3 is 5.32 Å². The van der Waals surface area contributed by atoms with Crippen molar-refractivity contribution in [2.45, 2.75) is 6.54 Å². The molecule has 146 valence electrons. The van der Waals surface area contributed by atoms with Crippen LogP contribution in [-0.4, -0.2) is 25.2 Å². The number of nitrogens with zero attached hydrogens (tertiary/aromatic N) is 4. The second kappa shape index (κ2) is 7.87. The Morgan fingerprint density at radius 2 is 1.90 bits per heavy atom. The van der Waals surface area contributed by atoms with Crippen LogP contribution in [-0.2, 0) is 11.3 Å². The van der Waals surface area contributed by atoms with Gasteiger partial charge in [-0.2, -0.15) is 5.10 Å². The highest BCUT2D eigenvalue weighted by Crippen LogP contribution is 2.25. The molecule has 1 N–H and O–H groups in total. The maximum Gasteiger partial charge on any atom is 0.264 e. The summed E-state index contributed by atoms with van der Waals surface area (Å²) < 4.78 is 2.72. The summed E-state index contributed by atoms with van der Waals surface area (Å²) in [7, 11) is 0. The number of fused-ring (bicyclic) bond motifs is 1. The quantitative estimate of drug-likeness (QED) is 0.508. The number of hydrogen-bond acceptors (Lipinski definition) is 4. The minimum Gasteiger partial charge on any atom is -0.324 e. The molecule has 7 nitrogen and oxygen atoms in total. The third-order valence-electron chi connectivity index (χ3n) is 4.12. The van der Waals surface area contributed by atoms with Crippen molar-refractivity contribution < 1.29 is 4.79 Å². The molecule has 10 heteroatoms. The molecule has 0 radical (unpaired) electrons. The van der Waals surface area contributed by atoms with E-state index in [4.69, 9.17) is 34.8 Å². The molecule has 0 unspecified atom stereocenters. The normalized spacial score (nSPS) is 11.0. The maximum atomic E-state index is 12.8. The second-order valence-corrected chi connectivity index (χ2v) is 7.38. The van der Waals surface area contributed by atoms with Gasteiger partial charge in [-0.15, -0.1) is 0 Å². The molecule has 0 fully saturated rings. The lowest BCUT2D eigenvalue weighted by atomic mass is 10.3. The number of benzene rings is 2. The summed E-state index contributed by atoms with van der Waals surface area (Å²) in [6.45, 7) is -0.218. The lowest BCUT2D eigenvalue weighted by Crippen LogP contribution is -2.27. The molecule has 0 saturated carbocycles. The zero-order valence-electron chi connectivity index (χ0n) is 14.6. The summed E-state index contributed by atoms with van der Waals surface area (Å²) in [6, 6.07) is 11.8. The van der Waals surface area contributed by atoms with E-state index in [-0.39, 0.29) is 17.5 Å². The number of rotatable bonds is 4. The first-order valence-corrected chi connectivity index (χ1v) is 9.50. The summed E-state index contributed by atoms with van der Waals surface area (Å²) in [4.78, 5) is 29.4. The molecule has 0 aliphatic carbocycles.